The van der Waals surface area contributed by atoms with Crippen LogP contribution in [0.3, 0.4) is 0 Å². The summed E-state index contributed by atoms with van der Waals surface area (Å²) in [6, 6.07) is 15.2. The van der Waals surface area contributed by atoms with Crippen molar-refractivity contribution in [3.05, 3.63) is 78.6 Å². The maximum absolute atomic E-state index is 12.7. The molecule has 0 unspecified atom stereocenters. The Morgan fingerprint density at radius 3 is 2.70 bits per heavy atom. The van der Waals surface area contributed by atoms with Gasteiger partial charge in [0.1, 0.15) is 5.75 Å². The Labute approximate surface area is 193 Å². The van der Waals surface area contributed by atoms with Crippen LogP contribution in [0.5, 0.6) is 5.75 Å². The van der Waals surface area contributed by atoms with E-state index in [2.05, 4.69) is 15.4 Å². The van der Waals surface area contributed by atoms with E-state index in [4.69, 9.17) is 9.72 Å². The number of rotatable bonds is 10. The molecule has 170 valence electrons. The molecular formula is C25H28N6O2. The Bertz CT molecular complexity index is 1180. The van der Waals surface area contributed by atoms with Gasteiger partial charge >= 0.3 is 0 Å². The number of carbonyl (C=O) groups is 1. The Kier molecular flexibility index (Phi) is 7.14. The summed E-state index contributed by atoms with van der Waals surface area (Å²) in [7, 11) is 1.64. The van der Waals surface area contributed by atoms with Gasteiger partial charge in [-0.3, -0.25) is 4.79 Å². The molecule has 4 aromatic rings. The summed E-state index contributed by atoms with van der Waals surface area (Å²) in [5.74, 6) is 2.16. The summed E-state index contributed by atoms with van der Waals surface area (Å²) in [4.78, 5) is 21.5. The number of hydrogen-bond donors (Lipinski definition) is 1. The number of imidazole rings is 1. The molecule has 1 amide bonds. The van der Waals surface area contributed by atoms with Gasteiger partial charge in [0, 0.05) is 43.0 Å². The predicted octanol–water partition coefficient (Wildman–Crippen LogP) is 3.91. The molecule has 0 aliphatic rings. The molecule has 1 N–H and O–H groups in total. The van der Waals surface area contributed by atoms with E-state index < -0.39 is 0 Å². The predicted molar refractivity (Wildman–Crippen MR) is 127 cm³/mol. The highest BCUT2D eigenvalue weighted by Gasteiger charge is 2.15. The van der Waals surface area contributed by atoms with E-state index >= 15 is 0 Å². The number of nitrogens with zero attached hydrogens (tertiary/aromatic N) is 5. The van der Waals surface area contributed by atoms with Crippen molar-refractivity contribution in [2.45, 2.75) is 32.7 Å². The van der Waals surface area contributed by atoms with E-state index in [0.29, 0.717) is 12.1 Å². The second-order valence-electron chi connectivity index (χ2n) is 7.66. The standard InChI is InChI=1S/C25H28N6O2/c1-3-23-28-24(19-9-11-22(33-2)12-10-19)31(29-23)21-8-6-7-20(17-21)25(32)27-13-4-5-15-30-16-14-26-18-30/h6-12,14,16-18H,3-5,13,15H2,1-2H3,(H,27,32). The molecule has 0 saturated carbocycles. The summed E-state index contributed by atoms with van der Waals surface area (Å²) in [5.41, 5.74) is 2.31. The van der Waals surface area contributed by atoms with Crippen LogP contribution in [0.25, 0.3) is 17.1 Å². The molecule has 8 nitrogen and oxygen atoms in total. The normalized spacial score (nSPS) is 10.8. The average Bonchev–Trinajstić information content (AvgIpc) is 3.54. The number of amides is 1. The summed E-state index contributed by atoms with van der Waals surface area (Å²) >= 11 is 0. The number of nitrogens with one attached hydrogen (secondary N) is 1. The molecule has 0 radical (unpaired) electrons. The smallest absolute Gasteiger partial charge is 0.251 e. The third-order valence-electron chi connectivity index (χ3n) is 5.36. The van der Waals surface area contributed by atoms with Crippen molar-refractivity contribution >= 4 is 5.91 Å². The third kappa shape index (κ3) is 5.46. The van der Waals surface area contributed by atoms with Crippen LogP contribution in [-0.2, 0) is 13.0 Å². The molecule has 0 aliphatic carbocycles. The van der Waals surface area contributed by atoms with Crippen LogP contribution in [-0.4, -0.2) is 43.9 Å². The fourth-order valence-corrected chi connectivity index (χ4v) is 3.53. The van der Waals surface area contributed by atoms with Crippen molar-refractivity contribution < 1.29 is 9.53 Å². The largest absolute Gasteiger partial charge is 0.497 e. The van der Waals surface area contributed by atoms with Gasteiger partial charge in [-0.2, -0.15) is 5.10 Å². The van der Waals surface area contributed by atoms with E-state index in [1.165, 1.54) is 0 Å². The topological polar surface area (TPSA) is 86.9 Å². The van der Waals surface area contributed by atoms with Crippen LogP contribution >= 0.6 is 0 Å². The van der Waals surface area contributed by atoms with Gasteiger partial charge in [0.25, 0.3) is 5.91 Å². The molecule has 2 heterocycles. The number of carbonyl (C=O) groups excluding carboxylic acids is 1. The first-order valence-corrected chi connectivity index (χ1v) is 11.1. The molecule has 33 heavy (non-hydrogen) atoms. The third-order valence-corrected chi connectivity index (χ3v) is 5.36. The monoisotopic (exact) mass is 444 g/mol. The lowest BCUT2D eigenvalue weighted by Crippen LogP contribution is -2.24. The summed E-state index contributed by atoms with van der Waals surface area (Å²) in [6.07, 6.45) is 8.11. The van der Waals surface area contributed by atoms with Gasteiger partial charge in [-0.15, -0.1) is 0 Å². The quantitative estimate of drug-likeness (QED) is 0.375. The summed E-state index contributed by atoms with van der Waals surface area (Å²) in [5, 5.41) is 7.67. The zero-order valence-electron chi connectivity index (χ0n) is 18.9. The number of aryl methyl sites for hydroxylation is 2. The van der Waals surface area contributed by atoms with E-state index in [1.807, 2.05) is 66.2 Å². The van der Waals surface area contributed by atoms with Crippen molar-refractivity contribution in [3.8, 4) is 22.8 Å². The number of benzene rings is 2. The minimum absolute atomic E-state index is 0.0960. The van der Waals surface area contributed by atoms with E-state index in [-0.39, 0.29) is 5.91 Å². The van der Waals surface area contributed by atoms with E-state index in [1.54, 1.807) is 24.3 Å². The molecule has 0 atom stereocenters. The van der Waals surface area contributed by atoms with Gasteiger partial charge in [0.2, 0.25) is 0 Å². The molecule has 0 fully saturated rings. The van der Waals surface area contributed by atoms with Crippen LogP contribution in [0.15, 0.2) is 67.3 Å². The number of ether oxygens (including phenoxy) is 1. The zero-order valence-corrected chi connectivity index (χ0v) is 18.9. The molecule has 0 bridgehead atoms. The van der Waals surface area contributed by atoms with Crippen molar-refractivity contribution in [1.82, 2.24) is 29.6 Å². The number of methoxy groups -OCH3 is 1. The van der Waals surface area contributed by atoms with E-state index in [9.17, 15) is 4.79 Å². The molecule has 2 aromatic heterocycles. The first kappa shape index (κ1) is 22.3. The van der Waals surface area contributed by atoms with Gasteiger partial charge in [-0.25, -0.2) is 14.6 Å². The Morgan fingerprint density at radius 2 is 1.97 bits per heavy atom. The fourth-order valence-electron chi connectivity index (χ4n) is 3.53. The van der Waals surface area contributed by atoms with Crippen LogP contribution in [0.4, 0.5) is 0 Å². The maximum Gasteiger partial charge on any atom is 0.251 e. The van der Waals surface area contributed by atoms with Crippen molar-refractivity contribution in [3.63, 3.8) is 0 Å². The van der Waals surface area contributed by atoms with Gasteiger partial charge in [0.15, 0.2) is 11.6 Å². The van der Waals surface area contributed by atoms with Crippen LogP contribution in [0, 0.1) is 0 Å². The number of aromatic nitrogens is 5. The second-order valence-corrected chi connectivity index (χ2v) is 7.66. The first-order chi connectivity index (χ1) is 16.2. The maximum atomic E-state index is 12.7. The van der Waals surface area contributed by atoms with Gasteiger partial charge in [-0.1, -0.05) is 13.0 Å². The van der Waals surface area contributed by atoms with E-state index in [0.717, 1.165) is 54.5 Å². The minimum Gasteiger partial charge on any atom is -0.497 e. The van der Waals surface area contributed by atoms with Crippen LogP contribution in [0.2, 0.25) is 0 Å². The Balaban J connectivity index is 1.46. The zero-order chi connectivity index (χ0) is 23.0. The summed E-state index contributed by atoms with van der Waals surface area (Å²) < 4.78 is 9.09. The highest BCUT2D eigenvalue weighted by atomic mass is 16.5. The lowest BCUT2D eigenvalue weighted by atomic mass is 10.1. The molecule has 2 aromatic carbocycles. The van der Waals surface area contributed by atoms with Gasteiger partial charge in [0.05, 0.1) is 19.1 Å². The highest BCUT2D eigenvalue weighted by molar-refractivity contribution is 5.94. The van der Waals surface area contributed by atoms with Crippen LogP contribution < -0.4 is 10.1 Å². The first-order valence-electron chi connectivity index (χ1n) is 11.1. The second kappa shape index (κ2) is 10.6. The van der Waals surface area contributed by atoms with Crippen molar-refractivity contribution in [2.24, 2.45) is 0 Å². The lowest BCUT2D eigenvalue weighted by Gasteiger charge is -2.10. The van der Waals surface area contributed by atoms with Crippen molar-refractivity contribution in [1.29, 1.82) is 0 Å². The van der Waals surface area contributed by atoms with Crippen molar-refractivity contribution in [2.75, 3.05) is 13.7 Å². The summed E-state index contributed by atoms with van der Waals surface area (Å²) in [6.45, 7) is 3.54. The van der Waals surface area contributed by atoms with Gasteiger partial charge < -0.3 is 14.6 Å². The Hall–Kier alpha value is -3.94. The average molecular weight is 445 g/mol. The fraction of sp³-hybridized carbons (Fsp3) is 0.280. The lowest BCUT2D eigenvalue weighted by molar-refractivity contribution is 0.0953. The Morgan fingerprint density at radius 1 is 1.12 bits per heavy atom. The molecule has 0 aliphatic heterocycles. The minimum atomic E-state index is -0.0960. The molecule has 4 rings (SSSR count). The number of hydrogen-bond acceptors (Lipinski definition) is 5. The molecule has 0 spiro atoms. The SMILES string of the molecule is CCc1nc(-c2ccc(OC)cc2)n(-c2cccc(C(=O)NCCCCn3ccnc3)c2)n1. The molecule has 8 heteroatoms. The van der Waals surface area contributed by atoms with Gasteiger partial charge in [-0.05, 0) is 55.3 Å². The highest BCUT2D eigenvalue weighted by Crippen LogP contribution is 2.24. The molecular weight excluding hydrogens is 416 g/mol. The molecule has 0 saturated heterocycles. The van der Waals surface area contributed by atoms with Crippen LogP contribution in [0.1, 0.15) is 35.9 Å². The number of unbranched alkanes of at least 4 members (excludes halogenated alkanes) is 1.